The predicted molar refractivity (Wildman–Crippen MR) is 70.1 cm³/mol. The summed E-state index contributed by atoms with van der Waals surface area (Å²) in [6.45, 7) is 1.39. The van der Waals surface area contributed by atoms with Gasteiger partial charge in [0.15, 0.2) is 11.6 Å². The van der Waals surface area contributed by atoms with Gasteiger partial charge in [0.1, 0.15) is 0 Å². The maximum absolute atomic E-state index is 13.1. The Morgan fingerprint density at radius 1 is 1.26 bits per heavy atom. The minimum absolute atomic E-state index is 0.0426. The molecule has 0 spiro atoms. The van der Waals surface area contributed by atoms with Crippen molar-refractivity contribution in [2.75, 3.05) is 19.0 Å². The summed E-state index contributed by atoms with van der Waals surface area (Å²) in [7, 11) is 0. The lowest BCUT2D eigenvalue weighted by atomic mass is 9.98. The van der Waals surface area contributed by atoms with Gasteiger partial charge < -0.3 is 4.90 Å². The zero-order valence-corrected chi connectivity index (χ0v) is 11.3. The van der Waals surface area contributed by atoms with Gasteiger partial charge in [-0.1, -0.05) is 6.07 Å². The van der Waals surface area contributed by atoms with Crippen LogP contribution in [0.4, 0.5) is 8.78 Å². The summed E-state index contributed by atoms with van der Waals surface area (Å²) < 4.78 is 25.8. The molecule has 1 aromatic carbocycles. The molecule has 0 saturated carbocycles. The molecule has 0 atom stereocenters. The first kappa shape index (κ1) is 14.3. The molecule has 5 heteroatoms. The fourth-order valence-electron chi connectivity index (χ4n) is 2.27. The van der Waals surface area contributed by atoms with Gasteiger partial charge in [0.25, 0.3) is 0 Å². The molecule has 1 aliphatic heterocycles. The number of benzene rings is 1. The quantitative estimate of drug-likeness (QED) is 0.783. The molecule has 1 fully saturated rings. The highest BCUT2D eigenvalue weighted by Gasteiger charge is 2.22. The number of likely N-dealkylation sites (tertiary alicyclic amines) is 1. The van der Waals surface area contributed by atoms with Gasteiger partial charge in [-0.15, -0.1) is 11.6 Å². The summed E-state index contributed by atoms with van der Waals surface area (Å²) >= 11 is 5.79. The molecule has 19 heavy (non-hydrogen) atoms. The Morgan fingerprint density at radius 3 is 2.53 bits per heavy atom. The zero-order valence-electron chi connectivity index (χ0n) is 10.5. The van der Waals surface area contributed by atoms with Crippen molar-refractivity contribution in [3.63, 3.8) is 0 Å². The highest BCUT2D eigenvalue weighted by Crippen LogP contribution is 2.19. The molecule has 0 bridgehead atoms. The summed E-state index contributed by atoms with van der Waals surface area (Å²) in [5.41, 5.74) is 0.503. The highest BCUT2D eigenvalue weighted by molar-refractivity contribution is 6.18. The van der Waals surface area contributed by atoms with Gasteiger partial charge >= 0.3 is 0 Å². The number of amides is 1. The number of halogens is 3. The predicted octanol–water partition coefficient (Wildman–Crippen LogP) is 2.98. The standard InChI is InChI=1S/C14H16ClF2NO/c15-9-10-3-5-18(6-4-10)14(19)8-11-1-2-12(16)13(17)7-11/h1-2,7,10H,3-6,8-9H2. The number of rotatable bonds is 3. The minimum atomic E-state index is -0.911. The number of nitrogens with zero attached hydrogens (tertiary/aromatic N) is 1. The first-order chi connectivity index (χ1) is 9.10. The number of carbonyl (C=O) groups excluding carboxylic acids is 1. The molecule has 1 aromatic rings. The first-order valence-corrected chi connectivity index (χ1v) is 6.91. The third-order valence-corrected chi connectivity index (χ3v) is 3.96. The number of alkyl halides is 1. The van der Waals surface area contributed by atoms with Crippen LogP contribution in [0.15, 0.2) is 18.2 Å². The SMILES string of the molecule is O=C(Cc1ccc(F)c(F)c1)N1CCC(CCl)CC1. The first-order valence-electron chi connectivity index (χ1n) is 6.38. The second-order valence-electron chi connectivity index (χ2n) is 4.90. The molecule has 1 aliphatic rings. The van der Waals surface area contributed by atoms with Crippen LogP contribution in [0.3, 0.4) is 0 Å². The van der Waals surface area contributed by atoms with E-state index in [4.69, 9.17) is 11.6 Å². The summed E-state index contributed by atoms with van der Waals surface area (Å²) in [6, 6.07) is 3.58. The van der Waals surface area contributed by atoms with Crippen LogP contribution in [-0.4, -0.2) is 29.8 Å². The lowest BCUT2D eigenvalue weighted by Crippen LogP contribution is -2.39. The molecular formula is C14H16ClF2NO. The summed E-state index contributed by atoms with van der Waals surface area (Å²) in [5, 5.41) is 0. The van der Waals surface area contributed by atoms with Crippen LogP contribution in [0.1, 0.15) is 18.4 Å². The van der Waals surface area contributed by atoms with E-state index in [2.05, 4.69) is 0 Å². The Kier molecular flexibility index (Phi) is 4.75. The molecule has 0 aromatic heterocycles. The van der Waals surface area contributed by atoms with Crippen LogP contribution in [0.25, 0.3) is 0 Å². The summed E-state index contributed by atoms with van der Waals surface area (Å²) in [5.74, 6) is -0.733. The maximum atomic E-state index is 13.1. The van der Waals surface area contributed by atoms with Gasteiger partial charge in [0, 0.05) is 19.0 Å². The number of hydrogen-bond donors (Lipinski definition) is 0. The van der Waals surface area contributed by atoms with Crippen LogP contribution >= 0.6 is 11.6 Å². The van der Waals surface area contributed by atoms with E-state index in [1.54, 1.807) is 4.90 Å². The molecule has 2 nitrogen and oxygen atoms in total. The van der Waals surface area contributed by atoms with Crippen LogP contribution in [-0.2, 0) is 11.2 Å². The zero-order chi connectivity index (χ0) is 13.8. The van der Waals surface area contributed by atoms with E-state index in [0.717, 1.165) is 25.0 Å². The minimum Gasteiger partial charge on any atom is -0.342 e. The van der Waals surface area contributed by atoms with E-state index in [1.165, 1.54) is 6.07 Å². The molecule has 2 rings (SSSR count). The lowest BCUT2D eigenvalue weighted by Gasteiger charge is -2.31. The third-order valence-electron chi connectivity index (χ3n) is 3.52. The van der Waals surface area contributed by atoms with E-state index in [1.807, 2.05) is 0 Å². The molecule has 104 valence electrons. The molecule has 1 saturated heterocycles. The van der Waals surface area contributed by atoms with Crippen molar-refractivity contribution in [2.24, 2.45) is 5.92 Å². The van der Waals surface area contributed by atoms with Gasteiger partial charge in [0.05, 0.1) is 6.42 Å². The third kappa shape index (κ3) is 3.66. The Morgan fingerprint density at radius 2 is 1.95 bits per heavy atom. The van der Waals surface area contributed by atoms with Crippen molar-refractivity contribution in [1.82, 2.24) is 4.90 Å². The van der Waals surface area contributed by atoms with Crippen molar-refractivity contribution >= 4 is 17.5 Å². The monoisotopic (exact) mass is 287 g/mol. The Bertz CT molecular complexity index is 459. The van der Waals surface area contributed by atoms with Gasteiger partial charge in [-0.25, -0.2) is 8.78 Å². The van der Waals surface area contributed by atoms with Crippen LogP contribution in [0.5, 0.6) is 0 Å². The fourth-order valence-corrected chi connectivity index (χ4v) is 2.58. The van der Waals surface area contributed by atoms with Gasteiger partial charge in [0.2, 0.25) is 5.91 Å². The van der Waals surface area contributed by atoms with Crippen molar-refractivity contribution < 1.29 is 13.6 Å². The second-order valence-corrected chi connectivity index (χ2v) is 5.21. The maximum Gasteiger partial charge on any atom is 0.226 e. The lowest BCUT2D eigenvalue weighted by molar-refractivity contribution is -0.131. The van der Waals surface area contributed by atoms with Crippen molar-refractivity contribution in [1.29, 1.82) is 0 Å². The van der Waals surface area contributed by atoms with Crippen molar-refractivity contribution in [2.45, 2.75) is 19.3 Å². The van der Waals surface area contributed by atoms with Crippen LogP contribution in [0, 0.1) is 17.6 Å². The largest absolute Gasteiger partial charge is 0.342 e. The molecular weight excluding hydrogens is 272 g/mol. The molecule has 0 radical (unpaired) electrons. The number of carbonyl (C=O) groups is 1. The van der Waals surface area contributed by atoms with Gasteiger partial charge in [-0.3, -0.25) is 4.79 Å². The van der Waals surface area contributed by atoms with Gasteiger partial charge in [-0.05, 0) is 36.5 Å². The Hall–Kier alpha value is -1.16. The van der Waals surface area contributed by atoms with Gasteiger partial charge in [-0.2, -0.15) is 0 Å². The molecule has 0 aliphatic carbocycles. The molecule has 0 N–H and O–H groups in total. The number of hydrogen-bond acceptors (Lipinski definition) is 1. The summed E-state index contributed by atoms with van der Waals surface area (Å²) in [6.07, 6.45) is 1.93. The van der Waals surface area contributed by atoms with E-state index in [0.29, 0.717) is 30.5 Å². The normalized spacial score (nSPS) is 16.7. The summed E-state index contributed by atoms with van der Waals surface area (Å²) in [4.78, 5) is 13.8. The molecule has 1 heterocycles. The van der Waals surface area contributed by atoms with Crippen molar-refractivity contribution in [3.05, 3.63) is 35.4 Å². The van der Waals surface area contributed by atoms with Crippen LogP contribution in [0.2, 0.25) is 0 Å². The second kappa shape index (κ2) is 6.33. The topological polar surface area (TPSA) is 20.3 Å². The fraction of sp³-hybridized carbons (Fsp3) is 0.500. The van der Waals surface area contributed by atoms with Crippen molar-refractivity contribution in [3.8, 4) is 0 Å². The average Bonchev–Trinajstić information content (AvgIpc) is 2.43. The van der Waals surface area contributed by atoms with E-state index < -0.39 is 11.6 Å². The van der Waals surface area contributed by atoms with Crippen LogP contribution < -0.4 is 0 Å². The van der Waals surface area contributed by atoms with E-state index in [9.17, 15) is 13.6 Å². The number of piperidine rings is 1. The Labute approximate surface area is 116 Å². The molecule has 1 amide bonds. The Balaban J connectivity index is 1.92. The molecule has 0 unspecified atom stereocenters. The smallest absolute Gasteiger partial charge is 0.226 e. The van der Waals surface area contributed by atoms with E-state index >= 15 is 0 Å². The highest BCUT2D eigenvalue weighted by atomic mass is 35.5. The van der Waals surface area contributed by atoms with E-state index in [-0.39, 0.29) is 12.3 Å². The average molecular weight is 288 g/mol.